The van der Waals surface area contributed by atoms with Crippen LogP contribution in [0.3, 0.4) is 0 Å². The zero-order chi connectivity index (χ0) is 15.1. The minimum atomic E-state index is -0.653. The third-order valence-electron chi connectivity index (χ3n) is 2.95. The van der Waals surface area contributed by atoms with Crippen LogP contribution in [-0.2, 0) is 0 Å². The molecule has 0 aliphatic heterocycles. The maximum Gasteiger partial charge on any atom is 0.264 e. The lowest BCUT2D eigenvalue weighted by Crippen LogP contribution is -2.20. The summed E-state index contributed by atoms with van der Waals surface area (Å²) in [4.78, 5) is 16.3. The summed E-state index contributed by atoms with van der Waals surface area (Å²) in [5, 5.41) is 0.108. The van der Waals surface area contributed by atoms with Gasteiger partial charge in [0, 0.05) is 6.20 Å². The fourth-order valence-electron chi connectivity index (χ4n) is 2.04. The standard InChI is InChI=1S/C14H6BrClF2N2O/c15-9-6-20(13-10(16)2-1-3-11(13)18)14(21)8-4-7(17)5-19-12(8)9/h1-6H. The Labute approximate surface area is 130 Å². The fourth-order valence-corrected chi connectivity index (χ4v) is 2.82. The minimum absolute atomic E-state index is 0.0312. The second-order valence-corrected chi connectivity index (χ2v) is 5.53. The van der Waals surface area contributed by atoms with Gasteiger partial charge in [0.2, 0.25) is 0 Å². The van der Waals surface area contributed by atoms with Gasteiger partial charge in [-0.3, -0.25) is 14.3 Å². The predicted octanol–water partition coefficient (Wildman–Crippen LogP) is 4.08. The molecule has 2 aromatic heterocycles. The number of pyridine rings is 2. The van der Waals surface area contributed by atoms with E-state index in [9.17, 15) is 13.6 Å². The largest absolute Gasteiger partial charge is 0.278 e. The Bertz CT molecular complexity index is 906. The van der Waals surface area contributed by atoms with Crippen molar-refractivity contribution in [1.29, 1.82) is 0 Å². The number of aromatic nitrogens is 2. The molecule has 0 saturated carbocycles. The molecule has 0 amide bonds. The first-order chi connectivity index (χ1) is 9.99. The summed E-state index contributed by atoms with van der Waals surface area (Å²) in [6, 6.07) is 5.15. The third kappa shape index (κ3) is 2.34. The zero-order valence-electron chi connectivity index (χ0n) is 10.3. The quantitative estimate of drug-likeness (QED) is 0.646. The molecule has 0 radical (unpaired) electrons. The van der Waals surface area contributed by atoms with Crippen LogP contribution in [0.1, 0.15) is 0 Å². The van der Waals surface area contributed by atoms with Gasteiger partial charge in [0.1, 0.15) is 17.3 Å². The number of nitrogens with zero attached hydrogens (tertiary/aromatic N) is 2. The molecule has 21 heavy (non-hydrogen) atoms. The first-order valence-electron chi connectivity index (χ1n) is 5.80. The summed E-state index contributed by atoms with van der Waals surface area (Å²) in [6.07, 6.45) is 2.37. The smallest absolute Gasteiger partial charge is 0.264 e. The molecule has 0 spiro atoms. The summed E-state index contributed by atoms with van der Waals surface area (Å²) in [6.45, 7) is 0. The molecule has 0 unspecified atom stereocenters. The Morgan fingerprint density at radius 1 is 1.29 bits per heavy atom. The Morgan fingerprint density at radius 3 is 2.76 bits per heavy atom. The summed E-state index contributed by atoms with van der Waals surface area (Å²) in [5.74, 6) is -1.30. The van der Waals surface area contributed by atoms with E-state index in [-0.39, 0.29) is 16.1 Å². The molecule has 2 heterocycles. The van der Waals surface area contributed by atoms with E-state index in [2.05, 4.69) is 20.9 Å². The van der Waals surface area contributed by atoms with Crippen molar-refractivity contribution in [3.63, 3.8) is 0 Å². The normalized spacial score (nSPS) is 11.0. The van der Waals surface area contributed by atoms with Gasteiger partial charge in [-0.15, -0.1) is 0 Å². The van der Waals surface area contributed by atoms with Crippen LogP contribution in [0.2, 0.25) is 5.02 Å². The highest BCUT2D eigenvalue weighted by molar-refractivity contribution is 9.10. The summed E-state index contributed by atoms with van der Waals surface area (Å²) in [5.41, 5.74) is -0.395. The first kappa shape index (κ1) is 14.2. The number of hydrogen-bond acceptors (Lipinski definition) is 2. The molecule has 0 N–H and O–H groups in total. The summed E-state index contributed by atoms with van der Waals surface area (Å²) < 4.78 is 28.8. The maximum atomic E-state index is 14.0. The van der Waals surface area contributed by atoms with Gasteiger partial charge in [0.05, 0.1) is 26.6 Å². The molecule has 3 aromatic rings. The average Bonchev–Trinajstić information content (AvgIpc) is 2.43. The van der Waals surface area contributed by atoms with Gasteiger partial charge < -0.3 is 0 Å². The van der Waals surface area contributed by atoms with Crippen molar-refractivity contribution in [2.45, 2.75) is 0 Å². The topological polar surface area (TPSA) is 34.9 Å². The Kier molecular flexibility index (Phi) is 3.51. The highest BCUT2D eigenvalue weighted by atomic mass is 79.9. The monoisotopic (exact) mass is 370 g/mol. The minimum Gasteiger partial charge on any atom is -0.278 e. The summed E-state index contributed by atoms with van der Waals surface area (Å²) >= 11 is 9.21. The number of halogens is 4. The molecule has 0 fully saturated rings. The molecule has 0 saturated heterocycles. The van der Waals surface area contributed by atoms with Crippen molar-refractivity contribution in [3.8, 4) is 5.69 Å². The van der Waals surface area contributed by atoms with E-state index >= 15 is 0 Å². The van der Waals surface area contributed by atoms with Crippen LogP contribution >= 0.6 is 27.5 Å². The van der Waals surface area contributed by atoms with Crippen molar-refractivity contribution in [2.75, 3.05) is 0 Å². The Hall–Kier alpha value is -1.79. The van der Waals surface area contributed by atoms with Crippen LogP contribution in [0.15, 0.2) is 45.9 Å². The van der Waals surface area contributed by atoms with E-state index in [1.807, 2.05) is 0 Å². The van der Waals surface area contributed by atoms with Gasteiger partial charge in [0.15, 0.2) is 0 Å². The molecular weight excluding hydrogens is 366 g/mol. The molecule has 0 bridgehead atoms. The lowest BCUT2D eigenvalue weighted by Gasteiger charge is -2.11. The van der Waals surface area contributed by atoms with E-state index in [1.54, 1.807) is 0 Å². The summed E-state index contributed by atoms with van der Waals surface area (Å²) in [7, 11) is 0. The molecule has 3 rings (SSSR count). The van der Waals surface area contributed by atoms with Crippen LogP contribution in [0.5, 0.6) is 0 Å². The van der Waals surface area contributed by atoms with Gasteiger partial charge in [-0.25, -0.2) is 8.78 Å². The fraction of sp³-hybridized carbons (Fsp3) is 0. The number of para-hydroxylation sites is 1. The molecule has 3 nitrogen and oxygen atoms in total. The lowest BCUT2D eigenvalue weighted by atomic mass is 10.2. The van der Waals surface area contributed by atoms with Crippen LogP contribution in [0.25, 0.3) is 16.6 Å². The van der Waals surface area contributed by atoms with E-state index in [4.69, 9.17) is 11.6 Å². The highest BCUT2D eigenvalue weighted by Gasteiger charge is 2.15. The number of rotatable bonds is 1. The second kappa shape index (κ2) is 5.20. The van der Waals surface area contributed by atoms with Crippen molar-refractivity contribution in [1.82, 2.24) is 9.55 Å². The van der Waals surface area contributed by atoms with Crippen molar-refractivity contribution in [2.24, 2.45) is 0 Å². The van der Waals surface area contributed by atoms with Crippen LogP contribution in [0.4, 0.5) is 8.78 Å². The van der Waals surface area contributed by atoms with Gasteiger partial charge in [-0.2, -0.15) is 0 Å². The first-order valence-corrected chi connectivity index (χ1v) is 6.97. The molecule has 0 aliphatic carbocycles. The average molecular weight is 372 g/mol. The van der Waals surface area contributed by atoms with Gasteiger partial charge in [-0.05, 0) is 34.1 Å². The van der Waals surface area contributed by atoms with Crippen LogP contribution < -0.4 is 5.56 Å². The van der Waals surface area contributed by atoms with Crippen LogP contribution in [0, 0.1) is 11.6 Å². The van der Waals surface area contributed by atoms with E-state index < -0.39 is 17.2 Å². The zero-order valence-corrected chi connectivity index (χ0v) is 12.6. The van der Waals surface area contributed by atoms with Crippen molar-refractivity contribution in [3.05, 3.63) is 68.1 Å². The van der Waals surface area contributed by atoms with E-state index in [0.717, 1.165) is 16.8 Å². The van der Waals surface area contributed by atoms with E-state index in [1.165, 1.54) is 24.4 Å². The number of hydrogen-bond donors (Lipinski definition) is 0. The SMILES string of the molecule is O=c1c2cc(F)cnc2c(Br)cn1-c1c(F)cccc1Cl. The molecule has 106 valence electrons. The predicted molar refractivity (Wildman–Crippen MR) is 80.0 cm³/mol. The molecule has 1 aromatic carbocycles. The number of benzene rings is 1. The highest BCUT2D eigenvalue weighted by Crippen LogP contribution is 2.26. The number of fused-ring (bicyclic) bond motifs is 1. The third-order valence-corrected chi connectivity index (χ3v) is 3.84. The van der Waals surface area contributed by atoms with Crippen LogP contribution in [-0.4, -0.2) is 9.55 Å². The van der Waals surface area contributed by atoms with Gasteiger partial charge >= 0.3 is 0 Å². The molecular formula is C14H6BrClF2N2O. The Morgan fingerprint density at radius 2 is 2.05 bits per heavy atom. The maximum absolute atomic E-state index is 14.0. The van der Waals surface area contributed by atoms with Gasteiger partial charge in [-0.1, -0.05) is 17.7 Å². The molecule has 0 atom stereocenters. The Balaban J connectivity index is 2.45. The van der Waals surface area contributed by atoms with Crippen molar-refractivity contribution >= 4 is 38.4 Å². The molecule has 0 aliphatic rings. The lowest BCUT2D eigenvalue weighted by molar-refractivity contribution is 0.616. The van der Waals surface area contributed by atoms with Crippen molar-refractivity contribution < 1.29 is 8.78 Å². The van der Waals surface area contributed by atoms with E-state index in [0.29, 0.717) is 9.99 Å². The van der Waals surface area contributed by atoms with Gasteiger partial charge in [0.25, 0.3) is 5.56 Å². The molecule has 7 heteroatoms. The second-order valence-electron chi connectivity index (χ2n) is 4.27.